The smallest absolute Gasteiger partial charge is 0.230 e. The largest absolute Gasteiger partial charge is 0.302 e. The molecule has 3 nitrogen and oxygen atoms in total. The minimum Gasteiger partial charge on any atom is -0.302 e. The van der Waals surface area contributed by atoms with Gasteiger partial charge in [-0.1, -0.05) is 42.8 Å². The molecule has 0 bridgehead atoms. The van der Waals surface area contributed by atoms with Gasteiger partial charge in [0, 0.05) is 20.9 Å². The highest BCUT2D eigenvalue weighted by molar-refractivity contribution is 7.99. The monoisotopic (exact) mass is 388 g/mol. The summed E-state index contributed by atoms with van der Waals surface area (Å²) in [7, 11) is 0. The Morgan fingerprint density at radius 1 is 1.16 bits per heavy atom. The van der Waals surface area contributed by atoms with E-state index in [1.54, 1.807) is 11.8 Å². The van der Waals surface area contributed by atoms with Gasteiger partial charge in [-0.25, -0.2) is 4.98 Å². The van der Waals surface area contributed by atoms with Crippen LogP contribution >= 0.6 is 34.7 Å². The number of carbonyl (C=O) groups excluding carboxylic acids is 1. The maximum absolute atomic E-state index is 12.2. The molecule has 0 unspecified atom stereocenters. The Kier molecular flexibility index (Phi) is 6.13. The van der Waals surface area contributed by atoms with Crippen LogP contribution in [0.25, 0.3) is 11.3 Å². The predicted molar refractivity (Wildman–Crippen MR) is 108 cm³/mol. The maximum Gasteiger partial charge on any atom is 0.230 e. The van der Waals surface area contributed by atoms with Crippen molar-refractivity contribution in [1.29, 1.82) is 0 Å². The summed E-state index contributed by atoms with van der Waals surface area (Å²) >= 11 is 9.11. The van der Waals surface area contributed by atoms with Crippen molar-refractivity contribution in [2.75, 3.05) is 11.1 Å². The first-order chi connectivity index (χ1) is 12.1. The van der Waals surface area contributed by atoms with Crippen LogP contribution in [-0.4, -0.2) is 16.6 Å². The van der Waals surface area contributed by atoms with Gasteiger partial charge >= 0.3 is 0 Å². The zero-order chi connectivity index (χ0) is 17.6. The van der Waals surface area contributed by atoms with Gasteiger partial charge in [-0.05, 0) is 35.6 Å². The van der Waals surface area contributed by atoms with Crippen molar-refractivity contribution in [3.8, 4) is 11.3 Å². The fraction of sp³-hybridized carbons (Fsp3) is 0.158. The number of thioether (sulfide) groups is 1. The summed E-state index contributed by atoms with van der Waals surface area (Å²) in [5.41, 5.74) is 2.80. The molecule has 1 amide bonds. The predicted octanol–water partition coefficient (Wildman–Crippen LogP) is 5.76. The molecule has 3 aromatic rings. The molecule has 0 saturated heterocycles. The van der Waals surface area contributed by atoms with E-state index in [4.69, 9.17) is 11.6 Å². The van der Waals surface area contributed by atoms with Gasteiger partial charge in [0.25, 0.3) is 0 Å². The second-order valence-corrected chi connectivity index (χ2v) is 7.98. The van der Waals surface area contributed by atoms with Gasteiger partial charge in [-0.2, -0.15) is 0 Å². The van der Waals surface area contributed by atoms with Crippen molar-refractivity contribution in [1.82, 2.24) is 4.98 Å². The van der Waals surface area contributed by atoms with Crippen molar-refractivity contribution >= 4 is 45.7 Å². The molecule has 1 N–H and O–H groups in total. The normalized spacial score (nSPS) is 10.6. The first kappa shape index (κ1) is 18.0. The molecule has 0 saturated carbocycles. The minimum atomic E-state index is -0.0621. The minimum absolute atomic E-state index is 0.0621. The van der Waals surface area contributed by atoms with E-state index in [2.05, 4.69) is 29.4 Å². The number of carbonyl (C=O) groups is 1. The lowest BCUT2D eigenvalue weighted by Crippen LogP contribution is -2.14. The average molecular weight is 389 g/mol. The number of rotatable bonds is 6. The van der Waals surface area contributed by atoms with Crippen LogP contribution in [-0.2, 0) is 11.2 Å². The lowest BCUT2D eigenvalue weighted by Gasteiger charge is -2.04. The molecule has 1 heterocycles. The molecule has 2 aromatic carbocycles. The third-order valence-electron chi connectivity index (χ3n) is 3.49. The van der Waals surface area contributed by atoms with Crippen LogP contribution in [0.2, 0.25) is 5.02 Å². The van der Waals surface area contributed by atoms with Gasteiger partial charge in [0.1, 0.15) is 0 Å². The highest BCUT2D eigenvalue weighted by atomic mass is 35.5. The molecule has 0 aliphatic carbocycles. The SMILES string of the molecule is CCSc1ccc(CC(=O)Nc2nc(-c3ccc(Cl)cc3)cs2)cc1. The van der Waals surface area contributed by atoms with E-state index in [-0.39, 0.29) is 5.91 Å². The summed E-state index contributed by atoms with van der Waals surface area (Å²) in [5, 5.41) is 6.09. The van der Waals surface area contributed by atoms with Crippen LogP contribution in [0.15, 0.2) is 58.8 Å². The second-order valence-electron chi connectivity index (χ2n) is 5.35. The van der Waals surface area contributed by atoms with E-state index in [0.717, 1.165) is 22.6 Å². The summed E-state index contributed by atoms with van der Waals surface area (Å²) in [5.74, 6) is 0.979. The van der Waals surface area contributed by atoms with E-state index < -0.39 is 0 Å². The Morgan fingerprint density at radius 2 is 1.88 bits per heavy atom. The van der Waals surface area contributed by atoms with Gasteiger partial charge in [0.15, 0.2) is 5.13 Å². The van der Waals surface area contributed by atoms with E-state index in [1.165, 1.54) is 16.2 Å². The van der Waals surface area contributed by atoms with Crippen LogP contribution in [0.5, 0.6) is 0 Å². The first-order valence-corrected chi connectivity index (χ1v) is 10.1. The Hall–Kier alpha value is -1.82. The van der Waals surface area contributed by atoms with E-state index in [9.17, 15) is 4.79 Å². The van der Waals surface area contributed by atoms with Crippen LogP contribution in [0.4, 0.5) is 5.13 Å². The number of aromatic nitrogens is 1. The topological polar surface area (TPSA) is 42.0 Å². The molecule has 6 heteroatoms. The molecule has 3 rings (SSSR count). The van der Waals surface area contributed by atoms with Gasteiger partial charge in [0.2, 0.25) is 5.91 Å². The summed E-state index contributed by atoms with van der Waals surface area (Å²) in [4.78, 5) is 17.9. The average Bonchev–Trinajstić information content (AvgIpc) is 3.06. The van der Waals surface area contributed by atoms with Crippen LogP contribution in [0, 0.1) is 0 Å². The first-order valence-electron chi connectivity index (χ1n) is 7.87. The molecule has 0 fully saturated rings. The fourth-order valence-corrected chi connectivity index (χ4v) is 3.83. The number of hydrogen-bond acceptors (Lipinski definition) is 4. The van der Waals surface area contributed by atoms with E-state index >= 15 is 0 Å². The highest BCUT2D eigenvalue weighted by Gasteiger charge is 2.09. The Morgan fingerprint density at radius 3 is 2.56 bits per heavy atom. The number of halogens is 1. The third kappa shape index (κ3) is 5.08. The molecular formula is C19H17ClN2OS2. The zero-order valence-electron chi connectivity index (χ0n) is 13.7. The number of amides is 1. The van der Waals surface area contributed by atoms with Crippen molar-refractivity contribution in [2.24, 2.45) is 0 Å². The third-order valence-corrected chi connectivity index (χ3v) is 5.39. The van der Waals surface area contributed by atoms with Crippen molar-refractivity contribution in [2.45, 2.75) is 18.2 Å². The fourth-order valence-electron chi connectivity index (χ4n) is 2.30. The van der Waals surface area contributed by atoms with Crippen molar-refractivity contribution < 1.29 is 4.79 Å². The Bertz CT molecular complexity index is 845. The molecule has 0 radical (unpaired) electrons. The number of anilines is 1. The van der Waals surface area contributed by atoms with Crippen LogP contribution < -0.4 is 5.32 Å². The lowest BCUT2D eigenvalue weighted by molar-refractivity contribution is -0.115. The molecule has 0 spiro atoms. The molecule has 1 aromatic heterocycles. The molecule has 25 heavy (non-hydrogen) atoms. The standard InChI is InChI=1S/C19H17ClN2OS2/c1-2-24-16-9-3-13(4-10-16)11-18(23)22-19-21-17(12-25-19)14-5-7-15(20)8-6-14/h3-10,12H,2,11H2,1H3,(H,21,22,23). The number of thiazole rings is 1. The molecule has 0 aliphatic rings. The van der Waals surface area contributed by atoms with E-state index in [1.807, 2.05) is 41.8 Å². The number of nitrogens with one attached hydrogen (secondary N) is 1. The second kappa shape index (κ2) is 8.52. The molecular weight excluding hydrogens is 372 g/mol. The Balaban J connectivity index is 1.60. The van der Waals surface area contributed by atoms with Crippen LogP contribution in [0.3, 0.4) is 0 Å². The van der Waals surface area contributed by atoms with Gasteiger partial charge in [-0.3, -0.25) is 4.79 Å². The van der Waals surface area contributed by atoms with Crippen molar-refractivity contribution in [3.63, 3.8) is 0 Å². The van der Waals surface area contributed by atoms with Crippen LogP contribution in [0.1, 0.15) is 12.5 Å². The molecule has 128 valence electrons. The summed E-state index contributed by atoms with van der Waals surface area (Å²) in [6, 6.07) is 15.6. The molecule has 0 atom stereocenters. The number of nitrogens with zero attached hydrogens (tertiary/aromatic N) is 1. The van der Waals surface area contributed by atoms with E-state index in [0.29, 0.717) is 16.6 Å². The Labute approximate surface area is 160 Å². The van der Waals surface area contributed by atoms with Crippen molar-refractivity contribution in [3.05, 3.63) is 64.5 Å². The summed E-state index contributed by atoms with van der Waals surface area (Å²) < 4.78 is 0. The molecule has 0 aliphatic heterocycles. The van der Waals surface area contributed by atoms with Gasteiger partial charge in [-0.15, -0.1) is 23.1 Å². The summed E-state index contributed by atoms with van der Waals surface area (Å²) in [6.45, 7) is 2.12. The van der Waals surface area contributed by atoms with Gasteiger partial charge < -0.3 is 5.32 Å². The number of benzene rings is 2. The number of hydrogen-bond donors (Lipinski definition) is 1. The van der Waals surface area contributed by atoms with Gasteiger partial charge in [0.05, 0.1) is 12.1 Å². The highest BCUT2D eigenvalue weighted by Crippen LogP contribution is 2.26. The summed E-state index contributed by atoms with van der Waals surface area (Å²) in [6.07, 6.45) is 0.340. The maximum atomic E-state index is 12.2. The zero-order valence-corrected chi connectivity index (χ0v) is 16.0. The lowest BCUT2D eigenvalue weighted by atomic mass is 10.1. The quantitative estimate of drug-likeness (QED) is 0.546.